The Kier molecular flexibility index (Phi) is 34.4. The van der Waals surface area contributed by atoms with E-state index < -0.39 is 0 Å². The Hall–Kier alpha value is -3.26. The van der Waals surface area contributed by atoms with Crippen molar-refractivity contribution >= 4 is 17.6 Å². The number of carbonyl (C=O) groups is 2. The van der Waals surface area contributed by atoms with E-state index in [2.05, 4.69) is 12.2 Å². The topological polar surface area (TPSA) is 166 Å². The van der Waals surface area contributed by atoms with Crippen LogP contribution < -0.4 is 5.32 Å². The third-order valence-electron chi connectivity index (χ3n) is 7.63. The van der Waals surface area contributed by atoms with Gasteiger partial charge in [0.25, 0.3) is 0 Å². The standard InChI is InChI=1S/C42H67NO15/c1-2-3-13-43-40-11-9-39(10-12-40)42(45)58-37-35-56-33-31-54-29-27-52-25-23-50-21-19-48-17-15-46-14-16-47-18-20-49-22-24-51-26-28-53-30-32-55-34-36-57-41(44)38-7-5-4-6-8-38/h4-12,43H,2-3,13-37H2,1H3. The molecule has 0 aliphatic heterocycles. The van der Waals surface area contributed by atoms with Gasteiger partial charge in [0.05, 0.1) is 156 Å². The summed E-state index contributed by atoms with van der Waals surface area (Å²) >= 11 is 0. The highest BCUT2D eigenvalue weighted by atomic mass is 16.6. The highest BCUT2D eigenvalue weighted by Crippen LogP contribution is 2.11. The Balaban J connectivity index is 1.16. The van der Waals surface area contributed by atoms with Crippen LogP contribution in [0.1, 0.15) is 40.5 Å². The Bertz CT molecular complexity index is 1210. The molecule has 0 heterocycles. The van der Waals surface area contributed by atoms with Crippen LogP contribution in [0, 0.1) is 0 Å². The predicted molar refractivity (Wildman–Crippen MR) is 216 cm³/mol. The minimum atomic E-state index is -0.366. The van der Waals surface area contributed by atoms with Crippen LogP contribution in [-0.2, 0) is 61.6 Å². The highest BCUT2D eigenvalue weighted by molar-refractivity contribution is 5.90. The fourth-order valence-electron chi connectivity index (χ4n) is 4.56. The second-order valence-corrected chi connectivity index (χ2v) is 12.2. The maximum atomic E-state index is 12.1. The molecule has 2 rings (SSSR count). The zero-order chi connectivity index (χ0) is 41.2. The van der Waals surface area contributed by atoms with Crippen LogP contribution in [-0.4, -0.2) is 177 Å². The smallest absolute Gasteiger partial charge is 0.338 e. The van der Waals surface area contributed by atoms with E-state index in [-0.39, 0.29) is 25.2 Å². The molecule has 0 unspecified atom stereocenters. The monoisotopic (exact) mass is 825 g/mol. The van der Waals surface area contributed by atoms with Gasteiger partial charge in [0, 0.05) is 12.2 Å². The largest absolute Gasteiger partial charge is 0.460 e. The Morgan fingerprint density at radius 1 is 0.379 bits per heavy atom. The summed E-state index contributed by atoms with van der Waals surface area (Å²) < 4.78 is 70.6. The average molecular weight is 826 g/mol. The summed E-state index contributed by atoms with van der Waals surface area (Å²) in [6.45, 7) is 13.3. The van der Waals surface area contributed by atoms with Gasteiger partial charge in [-0.1, -0.05) is 31.5 Å². The number of anilines is 1. The van der Waals surface area contributed by atoms with Gasteiger partial charge in [-0.2, -0.15) is 0 Å². The van der Waals surface area contributed by atoms with Crippen LogP contribution in [0.5, 0.6) is 0 Å². The van der Waals surface area contributed by atoms with Gasteiger partial charge < -0.3 is 66.9 Å². The maximum Gasteiger partial charge on any atom is 0.338 e. The Labute approximate surface area is 344 Å². The number of carbonyl (C=O) groups excluding carboxylic acids is 2. The molecule has 58 heavy (non-hydrogen) atoms. The Morgan fingerprint density at radius 3 is 0.948 bits per heavy atom. The third-order valence-corrected chi connectivity index (χ3v) is 7.63. The average Bonchev–Trinajstić information content (AvgIpc) is 3.25. The number of esters is 2. The number of unbranched alkanes of at least 4 members (excludes halogenated alkanes) is 1. The first kappa shape index (κ1) is 50.9. The molecule has 0 saturated heterocycles. The molecule has 330 valence electrons. The summed E-state index contributed by atoms with van der Waals surface area (Å²) in [5, 5.41) is 3.32. The zero-order valence-corrected chi connectivity index (χ0v) is 34.4. The fourth-order valence-corrected chi connectivity index (χ4v) is 4.56. The van der Waals surface area contributed by atoms with Crippen LogP contribution in [0.2, 0.25) is 0 Å². The quantitative estimate of drug-likeness (QED) is 0.0751. The molecule has 0 aliphatic carbocycles. The van der Waals surface area contributed by atoms with E-state index in [0.29, 0.717) is 156 Å². The fraction of sp³-hybridized carbons (Fsp3) is 0.667. The van der Waals surface area contributed by atoms with E-state index in [1.807, 2.05) is 18.2 Å². The second-order valence-electron chi connectivity index (χ2n) is 12.2. The summed E-state index contributed by atoms with van der Waals surface area (Å²) in [4.78, 5) is 24.0. The predicted octanol–water partition coefficient (Wildman–Crippen LogP) is 4.10. The minimum Gasteiger partial charge on any atom is -0.460 e. The van der Waals surface area contributed by atoms with Crippen molar-refractivity contribution in [1.82, 2.24) is 0 Å². The van der Waals surface area contributed by atoms with Gasteiger partial charge in [-0.05, 0) is 42.8 Å². The number of benzene rings is 2. The molecule has 0 fully saturated rings. The zero-order valence-electron chi connectivity index (χ0n) is 34.4. The summed E-state index contributed by atoms with van der Waals surface area (Å²) in [7, 11) is 0. The van der Waals surface area contributed by atoms with E-state index in [1.54, 1.807) is 36.4 Å². The van der Waals surface area contributed by atoms with Crippen LogP contribution in [0.4, 0.5) is 5.69 Å². The van der Waals surface area contributed by atoms with Gasteiger partial charge >= 0.3 is 11.9 Å². The molecule has 16 heteroatoms. The maximum absolute atomic E-state index is 12.1. The normalized spacial score (nSPS) is 11.2. The van der Waals surface area contributed by atoms with Crippen molar-refractivity contribution in [2.45, 2.75) is 19.8 Å². The lowest BCUT2D eigenvalue weighted by Gasteiger charge is -2.09. The molecule has 0 saturated carbocycles. The number of hydrogen-bond donors (Lipinski definition) is 1. The molecule has 0 aromatic heterocycles. The lowest BCUT2D eigenvalue weighted by atomic mass is 10.2. The molecule has 1 N–H and O–H groups in total. The minimum absolute atomic E-state index is 0.184. The van der Waals surface area contributed by atoms with Crippen molar-refractivity contribution in [3.05, 3.63) is 65.7 Å². The van der Waals surface area contributed by atoms with Crippen LogP contribution in [0.25, 0.3) is 0 Å². The summed E-state index contributed by atoms with van der Waals surface area (Å²) in [6, 6.07) is 16.1. The first-order chi connectivity index (χ1) is 28.7. The number of ether oxygens (including phenoxy) is 13. The lowest BCUT2D eigenvalue weighted by molar-refractivity contribution is -0.0285. The molecule has 0 spiro atoms. The van der Waals surface area contributed by atoms with E-state index in [0.717, 1.165) is 25.1 Å². The van der Waals surface area contributed by atoms with E-state index >= 15 is 0 Å². The lowest BCUT2D eigenvalue weighted by Crippen LogP contribution is -2.16. The van der Waals surface area contributed by atoms with Crippen LogP contribution in [0.3, 0.4) is 0 Å². The first-order valence-electron chi connectivity index (χ1n) is 20.3. The number of nitrogens with one attached hydrogen (secondary N) is 1. The van der Waals surface area contributed by atoms with Crippen molar-refractivity contribution in [2.24, 2.45) is 0 Å². The summed E-state index contributed by atoms with van der Waals surface area (Å²) in [5.74, 6) is -0.727. The molecule has 0 radical (unpaired) electrons. The van der Waals surface area contributed by atoms with Gasteiger partial charge in [0.2, 0.25) is 0 Å². The second kappa shape index (κ2) is 39.2. The molecule has 16 nitrogen and oxygen atoms in total. The van der Waals surface area contributed by atoms with Gasteiger partial charge in [-0.15, -0.1) is 0 Å². The molecule has 2 aromatic rings. The van der Waals surface area contributed by atoms with E-state index in [1.165, 1.54) is 0 Å². The van der Waals surface area contributed by atoms with Gasteiger partial charge in [0.15, 0.2) is 0 Å². The van der Waals surface area contributed by atoms with E-state index in [4.69, 9.17) is 61.6 Å². The number of hydrogen-bond acceptors (Lipinski definition) is 16. The SMILES string of the molecule is CCCCNc1ccc(C(=O)OCCOCCOCCOCCOCCOCCOCCOCCOCCOCCOCCOCCOC(=O)c2ccccc2)cc1. The van der Waals surface area contributed by atoms with Gasteiger partial charge in [0.1, 0.15) is 13.2 Å². The van der Waals surface area contributed by atoms with Gasteiger partial charge in [-0.3, -0.25) is 0 Å². The van der Waals surface area contributed by atoms with Crippen molar-refractivity contribution in [2.75, 3.05) is 170 Å². The summed E-state index contributed by atoms with van der Waals surface area (Å²) in [6.07, 6.45) is 2.23. The first-order valence-corrected chi connectivity index (χ1v) is 20.3. The highest BCUT2D eigenvalue weighted by Gasteiger charge is 2.07. The third kappa shape index (κ3) is 30.8. The van der Waals surface area contributed by atoms with Crippen molar-refractivity contribution in [3.63, 3.8) is 0 Å². The van der Waals surface area contributed by atoms with Crippen LogP contribution in [0.15, 0.2) is 54.6 Å². The van der Waals surface area contributed by atoms with Crippen LogP contribution >= 0.6 is 0 Å². The molecule has 0 amide bonds. The molecular weight excluding hydrogens is 758 g/mol. The van der Waals surface area contributed by atoms with Crippen molar-refractivity contribution < 1.29 is 71.2 Å². The van der Waals surface area contributed by atoms with Crippen molar-refractivity contribution in [3.8, 4) is 0 Å². The molecule has 0 bridgehead atoms. The molecular formula is C42H67NO15. The summed E-state index contributed by atoms with van der Waals surface area (Å²) in [5.41, 5.74) is 2.03. The van der Waals surface area contributed by atoms with Crippen molar-refractivity contribution in [1.29, 1.82) is 0 Å². The van der Waals surface area contributed by atoms with E-state index in [9.17, 15) is 9.59 Å². The number of rotatable bonds is 42. The molecule has 0 aliphatic rings. The molecule has 0 atom stereocenters. The Morgan fingerprint density at radius 2 is 0.655 bits per heavy atom. The molecule has 2 aromatic carbocycles. The van der Waals surface area contributed by atoms with Gasteiger partial charge in [-0.25, -0.2) is 9.59 Å².